The van der Waals surface area contributed by atoms with Crippen LogP contribution in [0.4, 0.5) is 46.5 Å². The molecule has 2 aromatic carbocycles. The van der Waals surface area contributed by atoms with Gasteiger partial charge in [0.05, 0.1) is 6.54 Å². The van der Waals surface area contributed by atoms with Crippen molar-refractivity contribution in [3.8, 4) is 0 Å². The zero-order valence-electron chi connectivity index (χ0n) is 16.3. The maximum absolute atomic E-state index is 13.8. The van der Waals surface area contributed by atoms with Crippen LogP contribution in [0, 0.1) is 0 Å². The fourth-order valence-electron chi connectivity index (χ4n) is 2.67. The summed E-state index contributed by atoms with van der Waals surface area (Å²) in [5.74, 6) is -5.20. The van der Waals surface area contributed by atoms with Crippen molar-refractivity contribution in [2.75, 3.05) is 11.4 Å². The molecule has 172 valence electrons. The molecular formula is C20H19F8NOS. The van der Waals surface area contributed by atoms with Gasteiger partial charge in [-0.3, -0.25) is 0 Å². The molecule has 0 aliphatic rings. The van der Waals surface area contributed by atoms with E-state index in [0.29, 0.717) is 17.0 Å². The van der Waals surface area contributed by atoms with Crippen molar-refractivity contribution in [1.29, 1.82) is 0 Å². The number of benzene rings is 2. The molecule has 0 amide bonds. The number of aliphatic hydroxyl groups excluding tert-OH is 1. The molecule has 1 N–H and O–H groups in total. The van der Waals surface area contributed by atoms with Crippen LogP contribution < -0.4 is 4.90 Å². The van der Waals surface area contributed by atoms with Gasteiger partial charge in [0.15, 0.2) is 6.10 Å². The fraction of sp³-hybridized carbons (Fsp3) is 0.400. The fourth-order valence-corrected chi connectivity index (χ4v) is 3.56. The van der Waals surface area contributed by atoms with E-state index in [4.69, 9.17) is 0 Å². The van der Waals surface area contributed by atoms with Crippen molar-refractivity contribution < 1.29 is 40.2 Å². The molecule has 0 aliphatic heterocycles. The molecule has 0 fully saturated rings. The minimum absolute atomic E-state index is 0.0985. The van der Waals surface area contributed by atoms with Gasteiger partial charge >= 0.3 is 18.3 Å². The molecule has 31 heavy (non-hydrogen) atoms. The van der Waals surface area contributed by atoms with Gasteiger partial charge in [0, 0.05) is 27.1 Å². The molecule has 2 nitrogen and oxygen atoms in total. The molecule has 0 aromatic heterocycles. The number of thioether (sulfide) groups is 1. The molecular weight excluding hydrogens is 454 g/mol. The van der Waals surface area contributed by atoms with Crippen LogP contribution in [0.3, 0.4) is 0 Å². The molecule has 2 rings (SSSR count). The number of hydrogen-bond donors (Lipinski definition) is 1. The Morgan fingerprint density at radius 2 is 1.42 bits per heavy atom. The summed E-state index contributed by atoms with van der Waals surface area (Å²) in [4.78, 5) is 1.51. The third-order valence-corrected chi connectivity index (χ3v) is 5.11. The number of anilines is 2. The lowest BCUT2D eigenvalue weighted by molar-refractivity contribution is -0.289. The van der Waals surface area contributed by atoms with Gasteiger partial charge in [-0.2, -0.15) is 35.1 Å². The van der Waals surface area contributed by atoms with E-state index in [0.717, 1.165) is 17.0 Å². The van der Waals surface area contributed by atoms with Gasteiger partial charge in [-0.05, 0) is 30.3 Å². The molecule has 1 atom stereocenters. The van der Waals surface area contributed by atoms with Crippen molar-refractivity contribution in [3.63, 3.8) is 0 Å². The number of rotatable bonds is 7. The van der Waals surface area contributed by atoms with E-state index in [9.17, 15) is 40.2 Å². The van der Waals surface area contributed by atoms with Gasteiger partial charge in [0.25, 0.3) is 0 Å². The van der Waals surface area contributed by atoms with Gasteiger partial charge in [0.2, 0.25) is 0 Å². The van der Waals surface area contributed by atoms with Crippen molar-refractivity contribution in [2.45, 2.75) is 48.4 Å². The van der Waals surface area contributed by atoms with Gasteiger partial charge in [-0.1, -0.05) is 32.0 Å². The first kappa shape index (κ1) is 25.3. The summed E-state index contributed by atoms with van der Waals surface area (Å²) >= 11 is 1.38. The Morgan fingerprint density at radius 1 is 0.871 bits per heavy atom. The topological polar surface area (TPSA) is 23.5 Å². The second-order valence-corrected chi connectivity index (χ2v) is 8.60. The van der Waals surface area contributed by atoms with Crippen molar-refractivity contribution in [3.05, 3.63) is 54.1 Å². The summed E-state index contributed by atoms with van der Waals surface area (Å²) < 4.78 is 105. The van der Waals surface area contributed by atoms with Gasteiger partial charge in [0.1, 0.15) is 0 Å². The van der Waals surface area contributed by atoms with Crippen LogP contribution in [-0.4, -0.2) is 35.4 Å². The highest BCUT2D eigenvalue weighted by Crippen LogP contribution is 2.45. The molecule has 11 heteroatoms. The van der Waals surface area contributed by atoms with Crippen LogP contribution >= 0.6 is 11.8 Å². The highest BCUT2D eigenvalue weighted by molar-refractivity contribution is 7.99. The van der Waals surface area contributed by atoms with Crippen LogP contribution in [0.15, 0.2) is 53.4 Å². The molecule has 0 heterocycles. The largest absolute Gasteiger partial charge is 0.458 e. The normalized spacial score (nSPS) is 14.1. The zero-order chi connectivity index (χ0) is 23.6. The Balaban J connectivity index is 2.56. The second kappa shape index (κ2) is 9.23. The number of nitrogens with zero attached hydrogens (tertiary/aromatic N) is 1. The van der Waals surface area contributed by atoms with Crippen LogP contribution in [0.25, 0.3) is 0 Å². The Hall–Kier alpha value is -2.01. The van der Waals surface area contributed by atoms with E-state index in [2.05, 4.69) is 0 Å². The third-order valence-electron chi connectivity index (χ3n) is 4.11. The standard InChI is InChI=1S/C20H19F8NOS/c1-12(2)31-16-8-4-7-15(10-16)29(11-17(30)19(23,24)25)14-6-3-5-13(9-14)18(21,22)20(26,27)28/h3-10,12,17,30H,11H2,1-2H3. The second-order valence-electron chi connectivity index (χ2n) is 6.95. The number of halogens is 8. The summed E-state index contributed by atoms with van der Waals surface area (Å²) in [5, 5.41) is 9.68. The Bertz CT molecular complexity index is 882. The predicted octanol–water partition coefficient (Wildman–Crippen LogP) is 6.90. The smallest absolute Gasteiger partial charge is 0.382 e. The lowest BCUT2D eigenvalue weighted by atomic mass is 10.1. The van der Waals surface area contributed by atoms with E-state index < -0.39 is 36.5 Å². The Kier molecular flexibility index (Phi) is 7.52. The van der Waals surface area contributed by atoms with Crippen LogP contribution in [-0.2, 0) is 5.92 Å². The number of hydrogen-bond acceptors (Lipinski definition) is 3. The molecule has 2 aromatic rings. The molecule has 0 radical (unpaired) electrons. The van der Waals surface area contributed by atoms with E-state index in [1.54, 1.807) is 6.07 Å². The monoisotopic (exact) mass is 473 g/mol. The first-order valence-electron chi connectivity index (χ1n) is 8.97. The molecule has 1 unspecified atom stereocenters. The lowest BCUT2D eigenvalue weighted by Crippen LogP contribution is -2.39. The average molecular weight is 473 g/mol. The first-order valence-corrected chi connectivity index (χ1v) is 9.85. The van der Waals surface area contributed by atoms with Crippen molar-refractivity contribution >= 4 is 23.1 Å². The van der Waals surface area contributed by atoms with Crippen LogP contribution in [0.1, 0.15) is 19.4 Å². The maximum Gasteiger partial charge on any atom is 0.458 e. The van der Waals surface area contributed by atoms with E-state index >= 15 is 0 Å². The summed E-state index contributed by atoms with van der Waals surface area (Å²) in [6.07, 6.45) is -13.8. The summed E-state index contributed by atoms with van der Waals surface area (Å²) in [7, 11) is 0. The maximum atomic E-state index is 13.8. The first-order chi connectivity index (χ1) is 14.1. The number of alkyl halides is 8. The van der Waals surface area contributed by atoms with E-state index in [-0.39, 0.29) is 16.6 Å². The summed E-state index contributed by atoms with van der Waals surface area (Å²) in [5.41, 5.74) is -1.67. The third kappa shape index (κ3) is 6.25. The van der Waals surface area contributed by atoms with Crippen molar-refractivity contribution in [1.82, 2.24) is 0 Å². The Morgan fingerprint density at radius 3 is 1.94 bits per heavy atom. The van der Waals surface area contributed by atoms with Gasteiger partial charge in [-0.25, -0.2) is 0 Å². The summed E-state index contributed by atoms with van der Waals surface area (Å²) in [6, 6.07) is 9.05. The molecule has 0 saturated heterocycles. The quantitative estimate of drug-likeness (QED) is 0.350. The average Bonchev–Trinajstić information content (AvgIpc) is 2.64. The molecule has 0 spiro atoms. The lowest BCUT2D eigenvalue weighted by Gasteiger charge is -2.30. The van der Waals surface area contributed by atoms with Crippen LogP contribution in [0.2, 0.25) is 0 Å². The molecule has 0 aliphatic carbocycles. The summed E-state index contributed by atoms with van der Waals surface area (Å²) in [6.45, 7) is 2.66. The zero-order valence-corrected chi connectivity index (χ0v) is 17.1. The predicted molar refractivity (Wildman–Crippen MR) is 103 cm³/mol. The van der Waals surface area contributed by atoms with Crippen LogP contribution in [0.5, 0.6) is 0 Å². The minimum atomic E-state index is -5.88. The molecule has 0 bridgehead atoms. The van der Waals surface area contributed by atoms with E-state index in [1.165, 1.54) is 30.0 Å². The SMILES string of the molecule is CC(C)Sc1cccc(N(CC(O)C(F)(F)F)c2cccc(C(F)(F)C(F)(F)F)c2)c1. The van der Waals surface area contributed by atoms with E-state index in [1.807, 2.05) is 13.8 Å². The highest BCUT2D eigenvalue weighted by Gasteiger charge is 2.58. The minimum Gasteiger partial charge on any atom is -0.382 e. The van der Waals surface area contributed by atoms with Gasteiger partial charge < -0.3 is 10.0 Å². The number of aliphatic hydroxyl groups is 1. The van der Waals surface area contributed by atoms with Gasteiger partial charge in [-0.15, -0.1) is 11.8 Å². The highest BCUT2D eigenvalue weighted by atomic mass is 32.2. The Labute approximate surface area is 177 Å². The molecule has 0 saturated carbocycles. The van der Waals surface area contributed by atoms with Crippen molar-refractivity contribution in [2.24, 2.45) is 0 Å².